The van der Waals surface area contributed by atoms with Gasteiger partial charge in [-0.1, -0.05) is 18.2 Å². The van der Waals surface area contributed by atoms with Crippen molar-refractivity contribution in [2.45, 2.75) is 6.54 Å². The number of fused-ring (bicyclic) bond motifs is 1. The quantitative estimate of drug-likeness (QED) is 0.789. The number of para-hydroxylation sites is 1. The molecule has 0 radical (unpaired) electrons. The molecule has 110 valence electrons. The molecule has 0 aliphatic carbocycles. The topological polar surface area (TPSA) is 76.9 Å². The van der Waals surface area contributed by atoms with E-state index in [0.29, 0.717) is 16.6 Å². The molecule has 3 rings (SSSR count). The first-order valence-electron chi connectivity index (χ1n) is 6.81. The van der Waals surface area contributed by atoms with E-state index in [1.807, 2.05) is 12.1 Å². The Kier molecular flexibility index (Phi) is 3.65. The minimum atomic E-state index is -0.503. The second kappa shape index (κ2) is 5.77. The van der Waals surface area contributed by atoms with Gasteiger partial charge in [-0.25, -0.2) is 0 Å². The van der Waals surface area contributed by atoms with Crippen molar-refractivity contribution in [3.8, 4) is 0 Å². The number of benzene rings is 1. The summed E-state index contributed by atoms with van der Waals surface area (Å²) >= 11 is 0. The molecular formula is C16H14N4O2. The van der Waals surface area contributed by atoms with E-state index in [9.17, 15) is 9.59 Å². The van der Waals surface area contributed by atoms with Gasteiger partial charge in [0.2, 0.25) is 5.43 Å². The number of carbonyl (C=O) groups is 1. The van der Waals surface area contributed by atoms with Crippen LogP contribution in [0.4, 0.5) is 0 Å². The Labute approximate surface area is 126 Å². The second-order valence-corrected chi connectivity index (χ2v) is 4.82. The molecule has 0 unspecified atom stereocenters. The smallest absolute Gasteiger partial charge is 0.276 e. The molecule has 1 amide bonds. The SMILES string of the molecule is Cn1nc(C(=O)NCc2ccccn2)c(=O)c2ccccc21. The molecule has 0 aliphatic heterocycles. The van der Waals surface area contributed by atoms with E-state index >= 15 is 0 Å². The summed E-state index contributed by atoms with van der Waals surface area (Å²) in [5.74, 6) is -0.503. The van der Waals surface area contributed by atoms with Crippen LogP contribution < -0.4 is 10.7 Å². The summed E-state index contributed by atoms with van der Waals surface area (Å²) in [4.78, 5) is 28.7. The van der Waals surface area contributed by atoms with Gasteiger partial charge in [0.05, 0.1) is 17.8 Å². The number of amides is 1. The molecule has 0 aliphatic rings. The molecule has 22 heavy (non-hydrogen) atoms. The lowest BCUT2D eigenvalue weighted by atomic mass is 10.2. The van der Waals surface area contributed by atoms with Crippen LogP contribution in [0.1, 0.15) is 16.2 Å². The van der Waals surface area contributed by atoms with Crippen molar-refractivity contribution in [3.05, 3.63) is 70.3 Å². The van der Waals surface area contributed by atoms with Crippen molar-refractivity contribution in [1.29, 1.82) is 0 Å². The highest BCUT2D eigenvalue weighted by molar-refractivity contribution is 5.95. The monoisotopic (exact) mass is 294 g/mol. The minimum Gasteiger partial charge on any atom is -0.345 e. The number of hydrogen-bond donors (Lipinski definition) is 1. The Morgan fingerprint density at radius 2 is 1.95 bits per heavy atom. The number of pyridine rings is 1. The third-order valence-electron chi connectivity index (χ3n) is 3.33. The molecule has 0 saturated carbocycles. The average Bonchev–Trinajstić information content (AvgIpc) is 2.57. The van der Waals surface area contributed by atoms with Gasteiger partial charge < -0.3 is 5.32 Å². The lowest BCUT2D eigenvalue weighted by molar-refractivity contribution is 0.0942. The summed E-state index contributed by atoms with van der Waals surface area (Å²) in [6, 6.07) is 12.5. The lowest BCUT2D eigenvalue weighted by Crippen LogP contribution is -2.31. The van der Waals surface area contributed by atoms with Gasteiger partial charge in [0, 0.05) is 18.6 Å². The Morgan fingerprint density at radius 1 is 1.18 bits per heavy atom. The molecule has 3 aromatic rings. The fourth-order valence-corrected chi connectivity index (χ4v) is 2.23. The summed E-state index contributed by atoms with van der Waals surface area (Å²) in [7, 11) is 1.71. The van der Waals surface area contributed by atoms with Gasteiger partial charge in [-0.15, -0.1) is 0 Å². The summed E-state index contributed by atoms with van der Waals surface area (Å²) < 4.78 is 1.53. The van der Waals surface area contributed by atoms with Crippen molar-refractivity contribution < 1.29 is 4.79 Å². The molecule has 2 aromatic heterocycles. The van der Waals surface area contributed by atoms with E-state index in [2.05, 4.69) is 15.4 Å². The third kappa shape index (κ3) is 2.58. The number of rotatable bonds is 3. The first-order chi connectivity index (χ1) is 10.7. The van der Waals surface area contributed by atoms with Crippen LogP contribution in [-0.4, -0.2) is 20.7 Å². The van der Waals surface area contributed by atoms with E-state index in [1.165, 1.54) is 4.68 Å². The van der Waals surface area contributed by atoms with Crippen molar-refractivity contribution in [2.75, 3.05) is 0 Å². The molecule has 6 heteroatoms. The molecule has 0 atom stereocenters. The van der Waals surface area contributed by atoms with Crippen LogP contribution in [0, 0.1) is 0 Å². The molecular weight excluding hydrogens is 280 g/mol. The molecule has 0 bridgehead atoms. The number of carbonyl (C=O) groups excluding carboxylic acids is 1. The summed E-state index contributed by atoms with van der Waals surface area (Å²) in [6.45, 7) is 0.247. The first-order valence-corrected chi connectivity index (χ1v) is 6.81. The van der Waals surface area contributed by atoms with Crippen molar-refractivity contribution in [2.24, 2.45) is 7.05 Å². The van der Waals surface area contributed by atoms with Crippen molar-refractivity contribution in [1.82, 2.24) is 20.1 Å². The predicted octanol–water partition coefficient (Wildman–Crippen LogP) is 1.26. The fraction of sp³-hybridized carbons (Fsp3) is 0.125. The summed E-state index contributed by atoms with van der Waals surface area (Å²) in [6.07, 6.45) is 1.65. The maximum atomic E-state index is 12.4. The Bertz CT molecular complexity index is 888. The van der Waals surface area contributed by atoms with Gasteiger partial charge in [0.1, 0.15) is 0 Å². The Balaban J connectivity index is 1.91. The highest BCUT2D eigenvalue weighted by atomic mass is 16.2. The molecule has 0 saturated heterocycles. The Hall–Kier alpha value is -3.02. The highest BCUT2D eigenvalue weighted by Gasteiger charge is 2.16. The van der Waals surface area contributed by atoms with Gasteiger partial charge in [-0.3, -0.25) is 19.3 Å². The van der Waals surface area contributed by atoms with Crippen LogP contribution in [0.3, 0.4) is 0 Å². The van der Waals surface area contributed by atoms with E-state index in [1.54, 1.807) is 43.6 Å². The highest BCUT2D eigenvalue weighted by Crippen LogP contribution is 2.08. The van der Waals surface area contributed by atoms with Gasteiger partial charge in [-0.2, -0.15) is 5.10 Å². The fourth-order valence-electron chi connectivity index (χ4n) is 2.23. The predicted molar refractivity (Wildman–Crippen MR) is 82.4 cm³/mol. The standard InChI is InChI=1S/C16H14N4O2/c1-20-13-8-3-2-7-12(13)15(21)14(19-20)16(22)18-10-11-6-4-5-9-17-11/h2-9H,10H2,1H3,(H,18,22). The lowest BCUT2D eigenvalue weighted by Gasteiger charge is -2.08. The number of hydrogen-bond acceptors (Lipinski definition) is 4. The van der Waals surface area contributed by atoms with Crippen molar-refractivity contribution >= 4 is 16.8 Å². The zero-order valence-electron chi connectivity index (χ0n) is 12.0. The van der Waals surface area contributed by atoms with Crippen LogP contribution in [0.15, 0.2) is 53.5 Å². The van der Waals surface area contributed by atoms with E-state index in [-0.39, 0.29) is 17.7 Å². The van der Waals surface area contributed by atoms with Gasteiger partial charge in [0.25, 0.3) is 5.91 Å². The van der Waals surface area contributed by atoms with Gasteiger partial charge >= 0.3 is 0 Å². The van der Waals surface area contributed by atoms with Crippen LogP contribution >= 0.6 is 0 Å². The zero-order valence-corrected chi connectivity index (χ0v) is 12.0. The van der Waals surface area contributed by atoms with Crippen LogP contribution in [0.2, 0.25) is 0 Å². The van der Waals surface area contributed by atoms with Crippen molar-refractivity contribution in [3.63, 3.8) is 0 Å². The number of nitrogens with one attached hydrogen (secondary N) is 1. The maximum Gasteiger partial charge on any atom is 0.276 e. The van der Waals surface area contributed by atoms with Crippen LogP contribution in [-0.2, 0) is 13.6 Å². The molecule has 0 fully saturated rings. The normalized spacial score (nSPS) is 10.6. The summed E-state index contributed by atoms with van der Waals surface area (Å²) in [5.41, 5.74) is 0.923. The van der Waals surface area contributed by atoms with Gasteiger partial charge in [0.15, 0.2) is 5.69 Å². The number of aromatic nitrogens is 3. The molecule has 6 nitrogen and oxygen atoms in total. The van der Waals surface area contributed by atoms with E-state index in [0.717, 1.165) is 0 Å². The third-order valence-corrected chi connectivity index (χ3v) is 3.33. The molecule has 1 N–H and O–H groups in total. The molecule has 0 spiro atoms. The van der Waals surface area contributed by atoms with Crippen LogP contribution in [0.5, 0.6) is 0 Å². The van der Waals surface area contributed by atoms with Gasteiger partial charge in [-0.05, 0) is 24.3 Å². The average molecular weight is 294 g/mol. The largest absolute Gasteiger partial charge is 0.345 e. The van der Waals surface area contributed by atoms with E-state index < -0.39 is 5.91 Å². The molecule has 1 aromatic carbocycles. The first kappa shape index (κ1) is 13.9. The number of aryl methyl sites for hydroxylation is 1. The minimum absolute atomic E-state index is 0.114. The zero-order chi connectivity index (χ0) is 15.5. The van der Waals surface area contributed by atoms with Crippen LogP contribution in [0.25, 0.3) is 10.9 Å². The number of nitrogens with zero attached hydrogens (tertiary/aromatic N) is 3. The molecule has 2 heterocycles. The Morgan fingerprint density at radius 3 is 2.73 bits per heavy atom. The summed E-state index contributed by atoms with van der Waals surface area (Å²) in [5, 5.41) is 7.23. The maximum absolute atomic E-state index is 12.4. The van der Waals surface area contributed by atoms with E-state index in [4.69, 9.17) is 0 Å². The second-order valence-electron chi connectivity index (χ2n) is 4.82.